The Kier molecular flexibility index (Phi) is 9.85. The normalized spacial score (nSPS) is 12.9. The van der Waals surface area contributed by atoms with Crippen molar-refractivity contribution >= 4 is 41.9 Å². The molecule has 0 unspecified atom stereocenters. The number of hydrogen-bond acceptors (Lipinski definition) is 8. The molecule has 0 saturated heterocycles. The van der Waals surface area contributed by atoms with Crippen LogP contribution in [0.15, 0.2) is 60.7 Å². The predicted octanol–water partition coefficient (Wildman–Crippen LogP) is 2.06. The molecule has 0 spiro atoms. The lowest BCUT2D eigenvalue weighted by molar-refractivity contribution is -0.178. The Balaban J connectivity index is 2.07. The molecule has 180 valence electrons. The van der Waals surface area contributed by atoms with Gasteiger partial charge in [0.05, 0.1) is 0 Å². The van der Waals surface area contributed by atoms with Crippen LogP contribution in [0.5, 0.6) is 0 Å². The third-order valence-electron chi connectivity index (χ3n) is 4.97. The fourth-order valence-electron chi connectivity index (χ4n) is 3.10. The van der Waals surface area contributed by atoms with Crippen molar-refractivity contribution in [1.82, 2.24) is 10.2 Å². The second-order valence-corrected chi connectivity index (χ2v) is 7.19. The number of nitrogens with two attached hydrogens (primary N) is 2. The summed E-state index contributed by atoms with van der Waals surface area (Å²) in [5, 5.41) is 2.62. The van der Waals surface area contributed by atoms with Crippen LogP contribution in [0.4, 0.5) is 11.4 Å². The lowest BCUT2D eigenvalue weighted by Crippen LogP contribution is -2.68. The van der Waals surface area contributed by atoms with Gasteiger partial charge in [-0.2, -0.15) is 0 Å². The van der Waals surface area contributed by atoms with Crippen molar-refractivity contribution in [2.24, 2.45) is 0 Å². The zero-order valence-electron chi connectivity index (χ0n) is 19.3. The Morgan fingerprint density at radius 1 is 0.882 bits per heavy atom. The van der Waals surface area contributed by atoms with Crippen LogP contribution >= 0.6 is 0 Å². The molecule has 0 aromatic heterocycles. The van der Waals surface area contributed by atoms with Gasteiger partial charge in [0.2, 0.25) is 6.41 Å². The number of hydrogen-bond donors (Lipinski definition) is 3. The fraction of sp³-hybridized carbons (Fsp3) is 0.240. The number of benzene rings is 2. The van der Waals surface area contributed by atoms with Gasteiger partial charge in [-0.05, 0) is 61.5 Å². The van der Waals surface area contributed by atoms with Crippen molar-refractivity contribution in [2.45, 2.75) is 12.6 Å². The van der Waals surface area contributed by atoms with Gasteiger partial charge in [0, 0.05) is 17.9 Å². The zero-order valence-corrected chi connectivity index (χ0v) is 19.3. The molecule has 2 rings (SSSR count). The summed E-state index contributed by atoms with van der Waals surface area (Å²) in [6.07, 6.45) is 7.10. The van der Waals surface area contributed by atoms with E-state index in [1.165, 1.54) is 7.05 Å². The highest BCUT2D eigenvalue weighted by atomic mass is 16.6. The number of nitrogens with one attached hydrogen (secondary N) is 1. The second-order valence-electron chi connectivity index (χ2n) is 7.19. The molecule has 0 aliphatic rings. The minimum Gasteiger partial charge on any atom is -0.458 e. The number of anilines is 2. The van der Waals surface area contributed by atoms with Gasteiger partial charge < -0.3 is 25.8 Å². The fourth-order valence-corrected chi connectivity index (χ4v) is 3.10. The Labute approximate surface area is 199 Å². The third kappa shape index (κ3) is 6.69. The average Bonchev–Trinajstić information content (AvgIpc) is 2.84. The van der Waals surface area contributed by atoms with Gasteiger partial charge in [0.1, 0.15) is 13.2 Å². The molecule has 0 aliphatic heterocycles. The highest BCUT2D eigenvalue weighted by Gasteiger charge is 2.52. The quantitative estimate of drug-likeness (QED) is 0.142. The molecule has 0 radical (unpaired) electrons. The van der Waals surface area contributed by atoms with Gasteiger partial charge in [-0.25, -0.2) is 9.59 Å². The van der Waals surface area contributed by atoms with E-state index in [4.69, 9.17) is 20.9 Å². The summed E-state index contributed by atoms with van der Waals surface area (Å²) in [6.45, 7) is 1.46. The molecule has 5 N–H and O–H groups in total. The molecule has 1 amide bonds. The SMILES string of the molecule is CCN(C=O)C(NC)(C(=O)OCC=Cc1ccc(N)cc1)C(=O)OCC=Cc1ccc(N)cc1. The largest absolute Gasteiger partial charge is 0.458 e. The number of nitrogens with zero attached hydrogens (tertiary/aromatic N) is 1. The molecule has 0 bridgehead atoms. The minimum absolute atomic E-state index is 0.0666. The Hall–Kier alpha value is -4.11. The van der Waals surface area contributed by atoms with E-state index in [0.717, 1.165) is 16.0 Å². The number of esters is 2. The van der Waals surface area contributed by atoms with E-state index in [2.05, 4.69) is 5.32 Å². The average molecular weight is 467 g/mol. The van der Waals surface area contributed by atoms with E-state index in [9.17, 15) is 14.4 Å². The summed E-state index contributed by atoms with van der Waals surface area (Å²) >= 11 is 0. The first-order chi connectivity index (χ1) is 16.4. The molecule has 2 aromatic carbocycles. The van der Waals surface area contributed by atoms with Crippen molar-refractivity contribution in [1.29, 1.82) is 0 Å². The third-order valence-corrected chi connectivity index (χ3v) is 4.97. The topological polar surface area (TPSA) is 137 Å². The molecule has 0 heterocycles. The first-order valence-corrected chi connectivity index (χ1v) is 10.7. The first kappa shape index (κ1) is 26.1. The van der Waals surface area contributed by atoms with Gasteiger partial charge in [-0.15, -0.1) is 0 Å². The summed E-state index contributed by atoms with van der Waals surface area (Å²) in [6, 6.07) is 14.2. The molecule has 0 fully saturated rings. The summed E-state index contributed by atoms with van der Waals surface area (Å²) in [4.78, 5) is 38.6. The van der Waals surface area contributed by atoms with Crippen molar-refractivity contribution in [3.8, 4) is 0 Å². The molecule has 34 heavy (non-hydrogen) atoms. The molecule has 9 nitrogen and oxygen atoms in total. The van der Waals surface area contributed by atoms with Crippen molar-refractivity contribution in [3.05, 3.63) is 71.8 Å². The minimum atomic E-state index is -2.12. The van der Waals surface area contributed by atoms with Crippen LogP contribution in [-0.2, 0) is 23.9 Å². The van der Waals surface area contributed by atoms with Crippen LogP contribution in [0, 0.1) is 0 Å². The van der Waals surface area contributed by atoms with Crippen LogP contribution in [0.3, 0.4) is 0 Å². The molecule has 0 aliphatic carbocycles. The first-order valence-electron chi connectivity index (χ1n) is 10.7. The van der Waals surface area contributed by atoms with E-state index >= 15 is 0 Å². The van der Waals surface area contributed by atoms with Crippen LogP contribution in [0.25, 0.3) is 12.2 Å². The number of ether oxygens (including phenoxy) is 2. The summed E-state index contributed by atoms with van der Waals surface area (Å²) in [5.74, 6) is -1.92. The predicted molar refractivity (Wildman–Crippen MR) is 132 cm³/mol. The number of likely N-dealkylation sites (N-methyl/N-ethyl adjacent to an activating group) is 2. The lowest BCUT2D eigenvalue weighted by atomic mass is 10.1. The van der Waals surface area contributed by atoms with E-state index < -0.39 is 17.6 Å². The molecule has 2 aromatic rings. The summed E-state index contributed by atoms with van der Waals surface area (Å²) < 4.78 is 10.6. The highest BCUT2D eigenvalue weighted by molar-refractivity contribution is 6.06. The van der Waals surface area contributed by atoms with Crippen LogP contribution < -0.4 is 16.8 Å². The van der Waals surface area contributed by atoms with E-state index in [0.29, 0.717) is 17.8 Å². The molecule has 0 saturated carbocycles. The molecular formula is C25H30N4O5. The maximum absolute atomic E-state index is 13.0. The molecular weight excluding hydrogens is 436 g/mol. The number of nitrogen functional groups attached to an aromatic ring is 2. The zero-order chi connectivity index (χ0) is 25.0. The summed E-state index contributed by atoms with van der Waals surface area (Å²) in [5.41, 5.74) is 12.2. The van der Waals surface area contributed by atoms with E-state index in [1.807, 2.05) is 24.3 Å². The number of carbonyl (C=O) groups is 3. The van der Waals surface area contributed by atoms with Crippen molar-refractivity contribution < 1.29 is 23.9 Å². The Bertz CT molecular complexity index is 945. The Morgan fingerprint density at radius 3 is 1.62 bits per heavy atom. The monoisotopic (exact) mass is 466 g/mol. The van der Waals surface area contributed by atoms with Crippen LogP contribution in [0.2, 0.25) is 0 Å². The maximum atomic E-state index is 13.0. The van der Waals surface area contributed by atoms with Crippen LogP contribution in [0.1, 0.15) is 18.1 Å². The second kappa shape index (κ2) is 12.8. The van der Waals surface area contributed by atoms with Gasteiger partial charge in [0.15, 0.2) is 0 Å². The highest BCUT2D eigenvalue weighted by Crippen LogP contribution is 2.16. The van der Waals surface area contributed by atoms with Crippen LogP contribution in [-0.4, -0.2) is 55.7 Å². The van der Waals surface area contributed by atoms with Crippen molar-refractivity contribution in [2.75, 3.05) is 38.3 Å². The standard InChI is InChI=1S/C25H30N4O5/c1-3-29(18-30)25(28-2,23(31)33-16-4-6-19-8-12-21(26)13-9-19)24(32)34-17-5-7-20-10-14-22(27)15-11-20/h4-15,18,28H,3,16-17,26-27H2,1-2H3. The van der Waals surface area contributed by atoms with Gasteiger partial charge >= 0.3 is 11.9 Å². The maximum Gasteiger partial charge on any atom is 0.359 e. The number of carbonyl (C=O) groups excluding carboxylic acids is 3. The van der Waals surface area contributed by atoms with Gasteiger partial charge in [0.25, 0.3) is 5.66 Å². The summed E-state index contributed by atoms with van der Waals surface area (Å²) in [7, 11) is 1.38. The molecule has 9 heteroatoms. The Morgan fingerprint density at radius 2 is 1.29 bits per heavy atom. The lowest BCUT2D eigenvalue weighted by Gasteiger charge is -2.35. The van der Waals surface area contributed by atoms with Gasteiger partial charge in [-0.1, -0.05) is 36.4 Å². The number of amides is 1. The van der Waals surface area contributed by atoms with Gasteiger partial charge in [-0.3, -0.25) is 10.1 Å². The van der Waals surface area contributed by atoms with E-state index in [-0.39, 0.29) is 19.8 Å². The molecule has 0 atom stereocenters. The number of rotatable bonds is 12. The van der Waals surface area contributed by atoms with E-state index in [1.54, 1.807) is 55.5 Å². The van der Waals surface area contributed by atoms with Crippen molar-refractivity contribution in [3.63, 3.8) is 0 Å². The smallest absolute Gasteiger partial charge is 0.359 e.